The molecule has 0 unspecified atom stereocenters. The molecule has 0 spiro atoms. The second kappa shape index (κ2) is 11.5. The van der Waals surface area contributed by atoms with Crippen molar-refractivity contribution < 1.29 is 23.1 Å². The molecule has 10 heteroatoms. The van der Waals surface area contributed by atoms with E-state index in [4.69, 9.17) is 4.74 Å². The van der Waals surface area contributed by atoms with Gasteiger partial charge in [0.15, 0.2) is 5.82 Å². The van der Waals surface area contributed by atoms with Crippen LogP contribution in [0.15, 0.2) is 49.0 Å². The fourth-order valence-electron chi connectivity index (χ4n) is 3.66. The lowest BCUT2D eigenvalue weighted by molar-refractivity contribution is 0.0961. The van der Waals surface area contributed by atoms with Crippen molar-refractivity contribution in [3.8, 4) is 0 Å². The number of fused-ring (bicyclic) bond motifs is 1. The molecular weight excluding hydrogens is 456 g/mol. The number of hydrogen-bond acceptors (Lipinski definition) is 5. The Morgan fingerprint density at radius 2 is 2.11 bits per heavy atom. The highest BCUT2D eigenvalue weighted by Crippen LogP contribution is 2.23. The second-order valence-electron chi connectivity index (χ2n) is 8.22. The summed E-state index contributed by atoms with van der Waals surface area (Å²) in [6, 6.07) is 2.41. The number of halogens is 2. The molecule has 0 fully saturated rings. The molecule has 0 saturated heterocycles. The van der Waals surface area contributed by atoms with Gasteiger partial charge in [0, 0.05) is 24.4 Å². The number of aromatic nitrogens is 3. The lowest BCUT2D eigenvalue weighted by atomic mass is 9.96. The first-order valence-electron chi connectivity index (χ1n) is 11.3. The van der Waals surface area contributed by atoms with Crippen molar-refractivity contribution >= 4 is 17.6 Å². The molecule has 2 heterocycles. The van der Waals surface area contributed by atoms with Crippen LogP contribution in [0.5, 0.6) is 0 Å². The van der Waals surface area contributed by atoms with E-state index in [1.807, 2.05) is 0 Å². The van der Waals surface area contributed by atoms with E-state index in [0.717, 1.165) is 5.56 Å². The zero-order valence-electron chi connectivity index (χ0n) is 20.1. The number of amides is 2. The topological polar surface area (TPSA) is 89.3 Å². The number of carbonyl (C=O) groups excluding carboxylic acids is 2. The number of rotatable bonds is 8. The maximum absolute atomic E-state index is 14.6. The van der Waals surface area contributed by atoms with Crippen molar-refractivity contribution in [2.75, 3.05) is 19.8 Å². The maximum atomic E-state index is 14.6. The first-order valence-corrected chi connectivity index (χ1v) is 11.3. The van der Waals surface area contributed by atoms with Gasteiger partial charge in [-0.15, -0.1) is 10.2 Å². The van der Waals surface area contributed by atoms with Crippen molar-refractivity contribution in [1.82, 2.24) is 25.0 Å². The van der Waals surface area contributed by atoms with Crippen molar-refractivity contribution in [2.45, 2.75) is 39.8 Å². The minimum atomic E-state index is -0.621. The minimum Gasteiger partial charge on any atom is -0.450 e. The highest BCUT2D eigenvalue weighted by Gasteiger charge is 2.24. The highest BCUT2D eigenvalue weighted by atomic mass is 19.1. The number of alkyl halides is 1. The molecule has 8 nitrogen and oxygen atoms in total. The number of allylic oxidation sites excluding steroid dienone is 5. The molecule has 1 aromatic heterocycles. The summed E-state index contributed by atoms with van der Waals surface area (Å²) in [7, 11) is 0. The summed E-state index contributed by atoms with van der Waals surface area (Å²) in [6.45, 7) is 9.41. The summed E-state index contributed by atoms with van der Waals surface area (Å²) in [5.41, 5.74) is 2.36. The van der Waals surface area contributed by atoms with Gasteiger partial charge in [-0.3, -0.25) is 4.79 Å². The van der Waals surface area contributed by atoms with E-state index in [-0.39, 0.29) is 18.7 Å². The number of ether oxygens (including phenoxy) is 1. The average Bonchev–Trinajstić information content (AvgIpc) is 3.33. The Morgan fingerprint density at radius 3 is 2.83 bits per heavy atom. The van der Waals surface area contributed by atoms with Gasteiger partial charge in [0.1, 0.15) is 18.8 Å². The predicted molar refractivity (Wildman–Crippen MR) is 128 cm³/mol. The minimum absolute atomic E-state index is 0.107. The van der Waals surface area contributed by atoms with E-state index in [1.165, 1.54) is 23.4 Å². The number of benzene rings is 1. The fraction of sp³-hybridized carbons (Fsp3) is 0.360. The molecule has 0 aliphatic carbocycles. The van der Waals surface area contributed by atoms with Crippen molar-refractivity contribution in [3.63, 3.8) is 0 Å². The van der Waals surface area contributed by atoms with Gasteiger partial charge in [-0.05, 0) is 56.5 Å². The normalized spacial score (nSPS) is 14.5. The van der Waals surface area contributed by atoms with Gasteiger partial charge in [-0.2, -0.15) is 0 Å². The molecular formula is C25H29F2N5O3. The Kier molecular flexibility index (Phi) is 8.51. The van der Waals surface area contributed by atoms with Crippen LogP contribution >= 0.6 is 0 Å². The van der Waals surface area contributed by atoms with Gasteiger partial charge in [0.05, 0.1) is 18.2 Å². The molecule has 0 saturated carbocycles. The second-order valence-corrected chi connectivity index (χ2v) is 8.22. The number of nitrogens with one attached hydrogen (secondary N) is 1. The monoisotopic (exact) mass is 485 g/mol. The maximum Gasteiger partial charge on any atom is 0.410 e. The molecule has 3 rings (SSSR count). The Morgan fingerprint density at radius 1 is 1.34 bits per heavy atom. The largest absolute Gasteiger partial charge is 0.450 e. The molecule has 35 heavy (non-hydrogen) atoms. The van der Waals surface area contributed by atoms with Crippen molar-refractivity contribution in [2.24, 2.45) is 0 Å². The van der Waals surface area contributed by atoms with Crippen LogP contribution in [-0.2, 0) is 17.7 Å². The number of nitrogens with zero attached hydrogens (tertiary/aromatic N) is 4. The van der Waals surface area contributed by atoms with Crippen LogP contribution in [0.3, 0.4) is 0 Å². The first kappa shape index (κ1) is 25.8. The highest BCUT2D eigenvalue weighted by molar-refractivity contribution is 5.96. The van der Waals surface area contributed by atoms with Crippen LogP contribution in [-0.4, -0.2) is 51.5 Å². The van der Waals surface area contributed by atoms with E-state index in [0.29, 0.717) is 35.6 Å². The lowest BCUT2D eigenvalue weighted by Gasteiger charge is -2.28. The summed E-state index contributed by atoms with van der Waals surface area (Å²) in [6.07, 6.45) is 6.43. The molecule has 2 aromatic rings. The standard InChI is InChI=1S/C25H29F2N5O3/c1-5-35-25(34)31-10-9-19-12-22(27)21(11-20(19)14-31)24(33)29-17(3)8-6-7-16(2)23-30-28-15-32(23)18(4)13-26/h6-8,11-12,15,18H,2,5,9-10,13-14H2,1,3-4H3,(H,29,33)/b7-6-,17-8+/t18-/m1/s1. The molecule has 186 valence electrons. The summed E-state index contributed by atoms with van der Waals surface area (Å²) in [5.74, 6) is -0.783. The molecule has 1 aliphatic heterocycles. The van der Waals surface area contributed by atoms with Gasteiger partial charge >= 0.3 is 6.09 Å². The van der Waals surface area contributed by atoms with Gasteiger partial charge in [-0.1, -0.05) is 18.7 Å². The number of hydrogen-bond donors (Lipinski definition) is 1. The lowest BCUT2D eigenvalue weighted by Crippen LogP contribution is -2.36. The molecule has 1 N–H and O–H groups in total. The van der Waals surface area contributed by atoms with Gasteiger partial charge < -0.3 is 19.5 Å². The zero-order chi connectivity index (χ0) is 25.5. The van der Waals surface area contributed by atoms with Gasteiger partial charge in [0.2, 0.25) is 0 Å². The molecule has 2 amide bonds. The fourth-order valence-corrected chi connectivity index (χ4v) is 3.66. The Bertz CT molecular complexity index is 1170. The molecule has 0 bridgehead atoms. The quantitative estimate of drug-likeness (QED) is 0.561. The molecule has 1 atom stereocenters. The zero-order valence-corrected chi connectivity index (χ0v) is 20.1. The van der Waals surface area contributed by atoms with E-state index in [1.54, 1.807) is 43.6 Å². The summed E-state index contributed by atoms with van der Waals surface area (Å²) >= 11 is 0. The smallest absolute Gasteiger partial charge is 0.410 e. The summed E-state index contributed by atoms with van der Waals surface area (Å²) in [5, 5.41) is 10.4. The van der Waals surface area contributed by atoms with Crippen LogP contribution in [0.1, 0.15) is 54.1 Å². The third-order valence-electron chi connectivity index (χ3n) is 5.58. The molecule has 1 aromatic carbocycles. The van der Waals surface area contributed by atoms with Crippen molar-refractivity contribution in [1.29, 1.82) is 0 Å². The van der Waals surface area contributed by atoms with Crippen LogP contribution < -0.4 is 5.32 Å². The number of carbonyl (C=O) groups is 2. The van der Waals surface area contributed by atoms with E-state index < -0.39 is 30.5 Å². The van der Waals surface area contributed by atoms with Crippen LogP contribution in [0.2, 0.25) is 0 Å². The first-order chi connectivity index (χ1) is 16.7. The van der Waals surface area contributed by atoms with E-state index in [2.05, 4.69) is 22.1 Å². The Labute approximate surface area is 203 Å². The Balaban J connectivity index is 1.67. The third kappa shape index (κ3) is 6.20. The van der Waals surface area contributed by atoms with Gasteiger partial charge in [0.25, 0.3) is 5.91 Å². The van der Waals surface area contributed by atoms with Crippen LogP contribution in [0.4, 0.5) is 13.6 Å². The molecule has 1 aliphatic rings. The van der Waals surface area contributed by atoms with Crippen molar-refractivity contribution in [3.05, 3.63) is 77.3 Å². The van der Waals surface area contributed by atoms with Gasteiger partial charge in [-0.25, -0.2) is 13.6 Å². The molecule has 0 radical (unpaired) electrons. The predicted octanol–water partition coefficient (Wildman–Crippen LogP) is 4.37. The Hall–Kier alpha value is -3.82. The third-order valence-corrected chi connectivity index (χ3v) is 5.58. The summed E-state index contributed by atoms with van der Waals surface area (Å²) < 4.78 is 34.3. The summed E-state index contributed by atoms with van der Waals surface area (Å²) in [4.78, 5) is 26.3. The van der Waals surface area contributed by atoms with Crippen LogP contribution in [0, 0.1) is 5.82 Å². The van der Waals surface area contributed by atoms with E-state index in [9.17, 15) is 18.4 Å². The average molecular weight is 486 g/mol. The SMILES string of the molecule is C=C(/C=C\C=C(/C)NC(=O)c1cc2c(cc1F)CCN(C(=O)OCC)C2)c1nncn1[C@H](C)CF. The van der Waals surface area contributed by atoms with E-state index >= 15 is 0 Å². The van der Waals surface area contributed by atoms with Crippen LogP contribution in [0.25, 0.3) is 5.57 Å².